The van der Waals surface area contributed by atoms with Crippen molar-refractivity contribution in [2.24, 2.45) is 11.7 Å². The molecule has 0 saturated carbocycles. The third-order valence-electron chi connectivity index (χ3n) is 3.68. The van der Waals surface area contributed by atoms with Gasteiger partial charge in [-0.05, 0) is 36.6 Å². The second-order valence-corrected chi connectivity index (χ2v) is 5.15. The van der Waals surface area contributed by atoms with Crippen LogP contribution < -0.4 is 5.73 Å². The van der Waals surface area contributed by atoms with Gasteiger partial charge in [0.05, 0.1) is 0 Å². The molecule has 0 unspecified atom stereocenters. The van der Waals surface area contributed by atoms with Gasteiger partial charge in [-0.2, -0.15) is 0 Å². The molecule has 0 aromatic heterocycles. The van der Waals surface area contributed by atoms with Crippen LogP contribution in [0, 0.1) is 5.92 Å². The van der Waals surface area contributed by atoms with Crippen LogP contribution >= 0.6 is 0 Å². The number of benzene rings is 1. The number of hydrogen-bond donors (Lipinski definition) is 1. The van der Waals surface area contributed by atoms with Crippen LogP contribution in [0.2, 0.25) is 0 Å². The van der Waals surface area contributed by atoms with Crippen LogP contribution in [0.4, 0.5) is 0 Å². The van der Waals surface area contributed by atoms with Crippen LogP contribution in [-0.2, 0) is 6.54 Å². The average Bonchev–Trinajstić information content (AvgIpc) is 2.65. The minimum absolute atomic E-state index is 0.0437. The van der Waals surface area contributed by atoms with Crippen molar-refractivity contribution in [3.05, 3.63) is 34.9 Å². The van der Waals surface area contributed by atoms with Crippen LogP contribution in [0.15, 0.2) is 18.2 Å². The Morgan fingerprint density at radius 1 is 1.33 bits per heavy atom. The van der Waals surface area contributed by atoms with Gasteiger partial charge in [-0.25, -0.2) is 0 Å². The number of carbonyl (C=O) groups excluding carboxylic acids is 2. The Kier molecular flexibility index (Phi) is 3.11. The fraction of sp³-hybridized carbons (Fsp3) is 0.429. The van der Waals surface area contributed by atoms with Crippen LogP contribution in [0.1, 0.15) is 47.1 Å². The summed E-state index contributed by atoms with van der Waals surface area (Å²) in [5.74, 6) is -0.0123. The lowest BCUT2D eigenvalue weighted by Crippen LogP contribution is -2.36. The van der Waals surface area contributed by atoms with Crippen molar-refractivity contribution in [2.45, 2.75) is 33.4 Å². The van der Waals surface area contributed by atoms with Gasteiger partial charge < -0.3 is 10.6 Å². The smallest absolute Gasteiger partial charge is 0.254 e. The Morgan fingerprint density at radius 3 is 2.56 bits per heavy atom. The first-order valence-corrected chi connectivity index (χ1v) is 6.15. The molecule has 0 saturated heterocycles. The molecule has 1 atom stereocenters. The second-order valence-electron chi connectivity index (χ2n) is 5.15. The second kappa shape index (κ2) is 4.44. The Morgan fingerprint density at radius 2 is 2.00 bits per heavy atom. The summed E-state index contributed by atoms with van der Waals surface area (Å²) >= 11 is 0. The maximum atomic E-state index is 12.2. The van der Waals surface area contributed by atoms with Crippen molar-refractivity contribution >= 4 is 11.8 Å². The molecule has 1 aromatic carbocycles. The molecule has 1 aromatic rings. The lowest BCUT2D eigenvalue weighted by Gasteiger charge is -2.27. The number of primary amides is 1. The molecular formula is C14H18N2O2. The lowest BCUT2D eigenvalue weighted by atomic mass is 10.1. The molecule has 1 aliphatic rings. The number of nitrogens with zero attached hydrogens (tertiary/aromatic N) is 1. The largest absolute Gasteiger partial charge is 0.366 e. The zero-order chi connectivity index (χ0) is 13.4. The summed E-state index contributed by atoms with van der Waals surface area (Å²) in [6, 6.07) is 5.22. The van der Waals surface area contributed by atoms with E-state index in [4.69, 9.17) is 5.73 Å². The lowest BCUT2D eigenvalue weighted by molar-refractivity contribution is 0.0673. The number of fused-ring (bicyclic) bond motifs is 1. The quantitative estimate of drug-likeness (QED) is 0.883. The maximum Gasteiger partial charge on any atom is 0.254 e. The standard InChI is InChI=1S/C14H18N2O2/c1-8(2)9(3)16-7-11-6-10(13(15)17)4-5-12(11)14(16)18/h4-6,8-9H,7H2,1-3H3,(H2,15,17)/t9-/m0/s1. The number of rotatable bonds is 3. The first kappa shape index (κ1) is 12.6. The third kappa shape index (κ3) is 1.98. The van der Waals surface area contributed by atoms with Crippen molar-refractivity contribution in [2.75, 3.05) is 0 Å². The highest BCUT2D eigenvalue weighted by Crippen LogP contribution is 2.27. The van der Waals surface area contributed by atoms with Gasteiger partial charge in [0.2, 0.25) is 5.91 Å². The van der Waals surface area contributed by atoms with Crippen LogP contribution in [-0.4, -0.2) is 22.8 Å². The summed E-state index contributed by atoms with van der Waals surface area (Å²) in [7, 11) is 0. The number of amides is 2. The summed E-state index contributed by atoms with van der Waals surface area (Å²) in [5, 5.41) is 0. The van der Waals surface area contributed by atoms with Crippen LogP contribution in [0.3, 0.4) is 0 Å². The zero-order valence-electron chi connectivity index (χ0n) is 10.9. The van der Waals surface area contributed by atoms with Crippen molar-refractivity contribution < 1.29 is 9.59 Å². The highest BCUT2D eigenvalue weighted by Gasteiger charge is 2.32. The maximum absolute atomic E-state index is 12.2. The predicted molar refractivity (Wildman–Crippen MR) is 69.1 cm³/mol. The van der Waals surface area contributed by atoms with Gasteiger partial charge in [0, 0.05) is 23.7 Å². The first-order valence-electron chi connectivity index (χ1n) is 6.15. The van der Waals surface area contributed by atoms with E-state index in [0.717, 1.165) is 5.56 Å². The molecular weight excluding hydrogens is 228 g/mol. The fourth-order valence-electron chi connectivity index (χ4n) is 2.19. The molecule has 2 N–H and O–H groups in total. The van der Waals surface area contributed by atoms with E-state index in [0.29, 0.717) is 23.6 Å². The Labute approximate surface area is 107 Å². The van der Waals surface area contributed by atoms with E-state index >= 15 is 0 Å². The molecule has 0 radical (unpaired) electrons. The number of hydrogen-bond acceptors (Lipinski definition) is 2. The molecule has 18 heavy (non-hydrogen) atoms. The number of carbonyl (C=O) groups is 2. The molecule has 2 amide bonds. The molecule has 4 heteroatoms. The fourth-order valence-corrected chi connectivity index (χ4v) is 2.19. The minimum atomic E-state index is -0.458. The minimum Gasteiger partial charge on any atom is -0.366 e. The van der Waals surface area contributed by atoms with Crippen molar-refractivity contribution in [3.63, 3.8) is 0 Å². The molecule has 4 nitrogen and oxygen atoms in total. The molecule has 1 heterocycles. The van der Waals surface area contributed by atoms with E-state index in [1.54, 1.807) is 18.2 Å². The van der Waals surface area contributed by atoms with Crippen LogP contribution in [0.25, 0.3) is 0 Å². The normalized spacial score (nSPS) is 16.0. The van der Waals surface area contributed by atoms with Crippen molar-refractivity contribution in [1.82, 2.24) is 4.90 Å². The van der Waals surface area contributed by atoms with Gasteiger partial charge in [-0.15, -0.1) is 0 Å². The molecule has 1 aliphatic heterocycles. The zero-order valence-corrected chi connectivity index (χ0v) is 10.9. The summed E-state index contributed by atoms with van der Waals surface area (Å²) in [4.78, 5) is 25.2. The van der Waals surface area contributed by atoms with Crippen molar-refractivity contribution in [1.29, 1.82) is 0 Å². The van der Waals surface area contributed by atoms with E-state index in [2.05, 4.69) is 13.8 Å². The summed E-state index contributed by atoms with van der Waals surface area (Å²) < 4.78 is 0. The SMILES string of the molecule is CC(C)[C@H](C)N1Cc2cc(C(N)=O)ccc2C1=O. The molecule has 2 rings (SSSR count). The van der Waals surface area contributed by atoms with E-state index in [1.165, 1.54) is 0 Å². The van der Waals surface area contributed by atoms with E-state index in [1.807, 2.05) is 11.8 Å². The van der Waals surface area contributed by atoms with Gasteiger partial charge in [0.25, 0.3) is 5.91 Å². The van der Waals surface area contributed by atoms with E-state index in [-0.39, 0.29) is 11.9 Å². The van der Waals surface area contributed by atoms with Gasteiger partial charge in [-0.3, -0.25) is 9.59 Å². The molecule has 96 valence electrons. The van der Waals surface area contributed by atoms with Gasteiger partial charge in [0.15, 0.2) is 0 Å². The highest BCUT2D eigenvalue weighted by atomic mass is 16.2. The Balaban J connectivity index is 2.33. The first-order chi connectivity index (χ1) is 8.41. The summed E-state index contributed by atoms with van der Waals surface area (Å²) in [6.45, 7) is 6.80. The monoisotopic (exact) mass is 246 g/mol. The van der Waals surface area contributed by atoms with Gasteiger partial charge >= 0.3 is 0 Å². The van der Waals surface area contributed by atoms with Crippen molar-refractivity contribution in [3.8, 4) is 0 Å². The summed E-state index contributed by atoms with van der Waals surface area (Å²) in [6.07, 6.45) is 0. The molecule has 0 aliphatic carbocycles. The van der Waals surface area contributed by atoms with E-state index in [9.17, 15) is 9.59 Å². The third-order valence-corrected chi connectivity index (χ3v) is 3.68. The van der Waals surface area contributed by atoms with Gasteiger partial charge in [0.1, 0.15) is 0 Å². The Bertz CT molecular complexity index is 509. The molecule has 0 bridgehead atoms. The number of nitrogens with two attached hydrogens (primary N) is 1. The molecule has 0 spiro atoms. The average molecular weight is 246 g/mol. The highest BCUT2D eigenvalue weighted by molar-refractivity contribution is 6.00. The predicted octanol–water partition coefficient (Wildman–Crippen LogP) is 1.79. The topological polar surface area (TPSA) is 63.4 Å². The van der Waals surface area contributed by atoms with E-state index < -0.39 is 5.91 Å². The van der Waals surface area contributed by atoms with Gasteiger partial charge in [-0.1, -0.05) is 13.8 Å². The Hall–Kier alpha value is -1.84. The van der Waals surface area contributed by atoms with Crippen LogP contribution in [0.5, 0.6) is 0 Å². The summed E-state index contributed by atoms with van der Waals surface area (Å²) in [5.41, 5.74) is 7.29. The molecule has 0 fully saturated rings.